The molecular weight excluding hydrogens is 286 g/mol. The molecule has 1 atom stereocenters. The molecule has 1 aromatic carbocycles. The van der Waals surface area contributed by atoms with E-state index in [9.17, 15) is 0 Å². The minimum atomic E-state index is 0.0172. The molecule has 116 valence electrons. The van der Waals surface area contributed by atoms with Gasteiger partial charge in [-0.3, -0.25) is 4.98 Å². The third kappa shape index (κ3) is 2.23. The Morgan fingerprint density at radius 3 is 2.61 bits per heavy atom. The number of hydrogen-bond acceptors (Lipinski definition) is 4. The lowest BCUT2D eigenvalue weighted by Gasteiger charge is -2.29. The molecule has 1 aliphatic rings. The van der Waals surface area contributed by atoms with Crippen LogP contribution in [0.25, 0.3) is 11.4 Å². The van der Waals surface area contributed by atoms with E-state index in [0.717, 1.165) is 23.5 Å². The van der Waals surface area contributed by atoms with E-state index in [1.807, 2.05) is 29.1 Å². The van der Waals surface area contributed by atoms with Crippen LogP contribution >= 0.6 is 0 Å². The molecule has 0 bridgehead atoms. The smallest absolute Gasteiger partial charge is 0.184 e. The third-order valence-electron chi connectivity index (χ3n) is 4.42. The van der Waals surface area contributed by atoms with Gasteiger partial charge in [0.15, 0.2) is 5.82 Å². The molecule has 0 radical (unpaired) electrons. The van der Waals surface area contributed by atoms with Crippen molar-refractivity contribution in [3.8, 4) is 11.4 Å². The number of benzene rings is 1. The van der Waals surface area contributed by atoms with Crippen LogP contribution in [0.5, 0.6) is 0 Å². The van der Waals surface area contributed by atoms with Gasteiger partial charge in [-0.25, -0.2) is 4.68 Å². The summed E-state index contributed by atoms with van der Waals surface area (Å²) in [5.74, 6) is 0.818. The number of fused-ring (bicyclic) bond motifs is 3. The van der Waals surface area contributed by atoms with Crippen molar-refractivity contribution in [2.75, 3.05) is 0 Å². The molecule has 0 amide bonds. The Kier molecular flexibility index (Phi) is 3.04. The second kappa shape index (κ2) is 4.98. The van der Waals surface area contributed by atoms with Gasteiger partial charge in [0.25, 0.3) is 0 Å². The molecular formula is C18H19N5. The van der Waals surface area contributed by atoms with Crippen LogP contribution in [0.15, 0.2) is 42.6 Å². The second-order valence-electron chi connectivity index (χ2n) is 7.01. The molecule has 5 nitrogen and oxygen atoms in total. The zero-order valence-electron chi connectivity index (χ0n) is 13.6. The second-order valence-corrected chi connectivity index (χ2v) is 7.01. The monoisotopic (exact) mass is 305 g/mol. The normalized spacial score (nSPS) is 16.7. The third-order valence-corrected chi connectivity index (χ3v) is 4.42. The Labute approximate surface area is 135 Å². The quantitative estimate of drug-likeness (QED) is 0.693. The van der Waals surface area contributed by atoms with E-state index in [2.05, 4.69) is 59.5 Å². The van der Waals surface area contributed by atoms with Gasteiger partial charge >= 0.3 is 0 Å². The standard InChI is InChI=1S/C18H19N5/c1-18(2,3)13-9-10-19-14-11-15(12-7-5-4-6-8-12)23-17(16(13)14)20-21-22-23/h4-10,15H,11H2,1-3H3/t15-/m1/s1. The molecule has 3 aromatic rings. The molecule has 0 saturated heterocycles. The average Bonchev–Trinajstić information content (AvgIpc) is 3.03. The van der Waals surface area contributed by atoms with Crippen molar-refractivity contribution in [1.82, 2.24) is 25.2 Å². The van der Waals surface area contributed by atoms with E-state index in [-0.39, 0.29) is 11.5 Å². The predicted molar refractivity (Wildman–Crippen MR) is 88.0 cm³/mol. The Balaban J connectivity index is 1.92. The highest BCUT2D eigenvalue weighted by Crippen LogP contribution is 2.40. The van der Waals surface area contributed by atoms with Gasteiger partial charge in [0.2, 0.25) is 0 Å². The highest BCUT2D eigenvalue weighted by molar-refractivity contribution is 5.66. The summed E-state index contributed by atoms with van der Waals surface area (Å²) in [7, 11) is 0. The van der Waals surface area contributed by atoms with Crippen LogP contribution in [0.3, 0.4) is 0 Å². The summed E-state index contributed by atoms with van der Waals surface area (Å²) in [6.45, 7) is 6.63. The van der Waals surface area contributed by atoms with Gasteiger partial charge in [0.05, 0.1) is 11.7 Å². The number of rotatable bonds is 1. The van der Waals surface area contributed by atoms with Crippen LogP contribution in [0.2, 0.25) is 0 Å². The Morgan fingerprint density at radius 1 is 1.09 bits per heavy atom. The first-order valence-electron chi connectivity index (χ1n) is 7.87. The van der Waals surface area contributed by atoms with Gasteiger partial charge in [0, 0.05) is 18.2 Å². The highest BCUT2D eigenvalue weighted by atomic mass is 15.6. The maximum Gasteiger partial charge on any atom is 0.184 e. The van der Waals surface area contributed by atoms with Crippen LogP contribution in [0.4, 0.5) is 0 Å². The fourth-order valence-corrected chi connectivity index (χ4v) is 3.31. The maximum atomic E-state index is 4.64. The highest BCUT2D eigenvalue weighted by Gasteiger charge is 2.33. The summed E-state index contributed by atoms with van der Waals surface area (Å²) in [6.07, 6.45) is 2.71. The summed E-state index contributed by atoms with van der Waals surface area (Å²) in [6, 6.07) is 12.5. The van der Waals surface area contributed by atoms with Gasteiger partial charge in [-0.05, 0) is 33.0 Å². The Bertz CT molecular complexity index is 845. The summed E-state index contributed by atoms with van der Waals surface area (Å²) >= 11 is 0. The maximum absolute atomic E-state index is 4.64. The molecule has 0 N–H and O–H groups in total. The zero-order valence-corrected chi connectivity index (χ0v) is 13.6. The SMILES string of the molecule is CC(C)(C)c1ccnc2c1-c1nnnn1[C@@H](c1ccccc1)C2. The minimum Gasteiger partial charge on any atom is -0.260 e. The summed E-state index contributed by atoms with van der Waals surface area (Å²) in [4.78, 5) is 4.64. The Hall–Kier alpha value is -2.56. The molecule has 0 spiro atoms. The molecule has 1 aliphatic heterocycles. The van der Waals surface area contributed by atoms with E-state index in [1.165, 1.54) is 11.1 Å². The van der Waals surface area contributed by atoms with Crippen LogP contribution in [-0.2, 0) is 11.8 Å². The molecule has 3 heterocycles. The van der Waals surface area contributed by atoms with Gasteiger partial charge in [-0.2, -0.15) is 0 Å². The van der Waals surface area contributed by atoms with Gasteiger partial charge in [-0.15, -0.1) is 5.10 Å². The number of hydrogen-bond donors (Lipinski definition) is 0. The van der Waals surface area contributed by atoms with Crippen LogP contribution < -0.4 is 0 Å². The first kappa shape index (κ1) is 14.1. The van der Waals surface area contributed by atoms with Crippen LogP contribution in [-0.4, -0.2) is 25.2 Å². The minimum absolute atomic E-state index is 0.0172. The fraction of sp³-hybridized carbons (Fsp3) is 0.333. The first-order valence-corrected chi connectivity index (χ1v) is 7.87. The summed E-state index contributed by atoms with van der Waals surface area (Å²) in [5, 5.41) is 12.5. The molecule has 5 heteroatoms. The molecule has 0 fully saturated rings. The lowest BCUT2D eigenvalue weighted by Crippen LogP contribution is -2.25. The summed E-state index contributed by atoms with van der Waals surface area (Å²) < 4.78 is 1.94. The Morgan fingerprint density at radius 2 is 1.87 bits per heavy atom. The van der Waals surface area contributed by atoms with Crippen molar-refractivity contribution in [2.24, 2.45) is 0 Å². The van der Waals surface area contributed by atoms with E-state index in [1.54, 1.807) is 0 Å². The predicted octanol–water partition coefficient (Wildman–Crippen LogP) is 3.18. The van der Waals surface area contributed by atoms with Gasteiger partial charge in [0.1, 0.15) is 0 Å². The molecule has 4 rings (SSSR count). The lowest BCUT2D eigenvalue weighted by molar-refractivity contribution is 0.488. The van der Waals surface area contributed by atoms with E-state index in [0.29, 0.717) is 0 Å². The molecule has 23 heavy (non-hydrogen) atoms. The van der Waals surface area contributed by atoms with Gasteiger partial charge < -0.3 is 0 Å². The number of pyridine rings is 1. The number of nitrogens with zero attached hydrogens (tertiary/aromatic N) is 5. The van der Waals surface area contributed by atoms with E-state index >= 15 is 0 Å². The fourth-order valence-electron chi connectivity index (χ4n) is 3.31. The topological polar surface area (TPSA) is 56.5 Å². The van der Waals surface area contributed by atoms with Crippen LogP contribution in [0, 0.1) is 0 Å². The molecule has 0 aliphatic carbocycles. The van der Waals surface area contributed by atoms with Crippen molar-refractivity contribution in [3.63, 3.8) is 0 Å². The number of aromatic nitrogens is 5. The molecule has 0 unspecified atom stereocenters. The van der Waals surface area contributed by atoms with Crippen molar-refractivity contribution in [2.45, 2.75) is 38.6 Å². The van der Waals surface area contributed by atoms with Gasteiger partial charge in [-0.1, -0.05) is 51.1 Å². The zero-order chi connectivity index (χ0) is 16.0. The molecule has 0 saturated carbocycles. The number of tetrazole rings is 1. The van der Waals surface area contributed by atoms with Crippen LogP contribution in [0.1, 0.15) is 43.6 Å². The average molecular weight is 305 g/mol. The first-order chi connectivity index (χ1) is 11.1. The lowest BCUT2D eigenvalue weighted by atomic mass is 9.81. The largest absolute Gasteiger partial charge is 0.260 e. The summed E-state index contributed by atoms with van der Waals surface area (Å²) in [5.41, 5.74) is 4.63. The van der Waals surface area contributed by atoms with Crippen molar-refractivity contribution in [3.05, 3.63) is 59.4 Å². The van der Waals surface area contributed by atoms with Crippen molar-refractivity contribution < 1.29 is 0 Å². The van der Waals surface area contributed by atoms with E-state index in [4.69, 9.17) is 0 Å². The molecule has 2 aromatic heterocycles. The van der Waals surface area contributed by atoms with E-state index < -0.39 is 0 Å². The van der Waals surface area contributed by atoms with Crippen molar-refractivity contribution in [1.29, 1.82) is 0 Å². The van der Waals surface area contributed by atoms with Crippen molar-refractivity contribution >= 4 is 0 Å².